The standard InChI is InChI=1S/C17H28N2O4/c1-7-8-9-10-12-17(3,21)15(18(4)5)13-14(23-12)11(2)19(22-6)16(13)20/h12,15,21H,2,7-10H2,1,3-6H3/t12-,15+,17-/m0/s1. The highest BCUT2D eigenvalue weighted by molar-refractivity contribution is 6.00. The average molecular weight is 324 g/mol. The van der Waals surface area contributed by atoms with Crippen LogP contribution in [0, 0.1) is 0 Å². The molecular formula is C17H28N2O4. The third-order valence-corrected chi connectivity index (χ3v) is 4.67. The van der Waals surface area contributed by atoms with Crippen molar-refractivity contribution in [3.05, 3.63) is 23.6 Å². The molecule has 2 aliphatic heterocycles. The fraction of sp³-hybridized carbons (Fsp3) is 0.706. The molecule has 0 saturated heterocycles. The lowest BCUT2D eigenvalue weighted by atomic mass is 9.80. The number of hydrogen-bond donors (Lipinski definition) is 1. The van der Waals surface area contributed by atoms with Crippen molar-refractivity contribution in [1.29, 1.82) is 0 Å². The van der Waals surface area contributed by atoms with Gasteiger partial charge in [-0.2, -0.15) is 5.06 Å². The Morgan fingerprint density at radius 3 is 2.61 bits per heavy atom. The summed E-state index contributed by atoms with van der Waals surface area (Å²) in [6, 6.07) is -0.470. The Kier molecular flexibility index (Phi) is 5.18. The zero-order valence-corrected chi connectivity index (χ0v) is 14.8. The van der Waals surface area contributed by atoms with Crippen molar-refractivity contribution in [2.24, 2.45) is 0 Å². The van der Waals surface area contributed by atoms with E-state index in [1.54, 1.807) is 6.92 Å². The Morgan fingerprint density at radius 1 is 1.43 bits per heavy atom. The highest BCUT2D eigenvalue weighted by atomic mass is 16.7. The molecule has 0 aromatic heterocycles. The minimum atomic E-state index is -1.17. The second-order valence-corrected chi connectivity index (χ2v) is 6.67. The number of hydrogen-bond acceptors (Lipinski definition) is 5. The van der Waals surface area contributed by atoms with Gasteiger partial charge in [0.15, 0.2) is 5.76 Å². The Morgan fingerprint density at radius 2 is 2.09 bits per heavy atom. The van der Waals surface area contributed by atoms with E-state index in [9.17, 15) is 9.90 Å². The molecule has 23 heavy (non-hydrogen) atoms. The number of nitrogens with zero attached hydrogens (tertiary/aromatic N) is 2. The average Bonchev–Trinajstić information content (AvgIpc) is 2.69. The van der Waals surface area contributed by atoms with Gasteiger partial charge in [0.05, 0.1) is 18.7 Å². The van der Waals surface area contributed by atoms with Gasteiger partial charge in [0.2, 0.25) is 0 Å². The van der Waals surface area contributed by atoms with Gasteiger partial charge in [0.1, 0.15) is 17.4 Å². The van der Waals surface area contributed by atoms with Crippen LogP contribution in [0.3, 0.4) is 0 Å². The largest absolute Gasteiger partial charge is 0.485 e. The zero-order valence-electron chi connectivity index (χ0n) is 14.8. The molecule has 6 nitrogen and oxygen atoms in total. The van der Waals surface area contributed by atoms with Crippen molar-refractivity contribution < 1.29 is 19.5 Å². The number of likely N-dealkylation sites (N-methyl/N-ethyl adjacent to an activating group) is 1. The van der Waals surface area contributed by atoms with E-state index in [1.165, 1.54) is 7.11 Å². The molecule has 3 atom stereocenters. The van der Waals surface area contributed by atoms with E-state index in [2.05, 4.69) is 13.5 Å². The van der Waals surface area contributed by atoms with Crippen LogP contribution in [0.15, 0.2) is 23.6 Å². The summed E-state index contributed by atoms with van der Waals surface area (Å²) in [5, 5.41) is 12.3. The molecule has 0 aromatic carbocycles. The molecule has 0 aromatic rings. The van der Waals surface area contributed by atoms with Gasteiger partial charge in [-0.05, 0) is 33.9 Å². The van der Waals surface area contributed by atoms with Crippen LogP contribution in [-0.4, -0.2) is 59.9 Å². The van der Waals surface area contributed by atoms with Crippen molar-refractivity contribution in [2.45, 2.75) is 57.3 Å². The highest BCUT2D eigenvalue weighted by Gasteiger charge is 2.55. The Balaban J connectivity index is 2.40. The quantitative estimate of drug-likeness (QED) is 0.755. The minimum Gasteiger partial charge on any atom is -0.485 e. The smallest absolute Gasteiger partial charge is 0.283 e. The molecule has 1 N–H and O–H groups in total. The van der Waals surface area contributed by atoms with Gasteiger partial charge in [-0.25, -0.2) is 0 Å². The molecule has 1 amide bonds. The van der Waals surface area contributed by atoms with Crippen molar-refractivity contribution in [3.63, 3.8) is 0 Å². The first-order chi connectivity index (χ1) is 10.8. The van der Waals surface area contributed by atoms with Gasteiger partial charge in [0, 0.05) is 0 Å². The van der Waals surface area contributed by atoms with Gasteiger partial charge >= 0.3 is 0 Å². The molecule has 0 aliphatic carbocycles. The Hall–Kier alpha value is -1.37. The van der Waals surface area contributed by atoms with E-state index < -0.39 is 11.6 Å². The molecule has 0 radical (unpaired) electrons. The predicted molar refractivity (Wildman–Crippen MR) is 87.1 cm³/mol. The maximum absolute atomic E-state index is 12.6. The lowest BCUT2D eigenvalue weighted by molar-refractivity contribution is -0.159. The molecule has 0 saturated carbocycles. The molecule has 130 valence electrons. The van der Waals surface area contributed by atoms with Crippen LogP contribution in [0.5, 0.6) is 0 Å². The third-order valence-electron chi connectivity index (χ3n) is 4.67. The number of unbranched alkanes of at least 4 members (excludes halogenated alkanes) is 2. The molecular weight excluding hydrogens is 296 g/mol. The van der Waals surface area contributed by atoms with E-state index in [0.29, 0.717) is 17.0 Å². The number of hydroxylamine groups is 2. The van der Waals surface area contributed by atoms with Crippen LogP contribution < -0.4 is 0 Å². The Bertz CT molecular complexity index is 525. The molecule has 0 bridgehead atoms. The van der Waals surface area contributed by atoms with Crippen LogP contribution in [0.4, 0.5) is 0 Å². The number of aliphatic hydroxyl groups is 1. The van der Waals surface area contributed by atoms with Crippen LogP contribution in [0.2, 0.25) is 0 Å². The summed E-state index contributed by atoms with van der Waals surface area (Å²) in [7, 11) is 5.12. The van der Waals surface area contributed by atoms with Crippen molar-refractivity contribution in [2.75, 3.05) is 21.2 Å². The summed E-state index contributed by atoms with van der Waals surface area (Å²) in [6.45, 7) is 7.79. The number of carbonyl (C=O) groups is 1. The third kappa shape index (κ3) is 2.91. The first kappa shape index (κ1) is 18.0. The van der Waals surface area contributed by atoms with Crippen molar-refractivity contribution >= 4 is 5.91 Å². The Labute approximate surface area is 138 Å². The zero-order chi connectivity index (χ0) is 17.4. The van der Waals surface area contributed by atoms with Gasteiger partial charge in [-0.15, -0.1) is 0 Å². The fourth-order valence-corrected chi connectivity index (χ4v) is 3.58. The normalized spacial score (nSPS) is 31.0. The molecule has 0 fully saturated rings. The summed E-state index contributed by atoms with van der Waals surface area (Å²) >= 11 is 0. The predicted octanol–water partition coefficient (Wildman–Crippen LogP) is 1.82. The molecule has 6 heteroatoms. The maximum atomic E-state index is 12.6. The van der Waals surface area contributed by atoms with Gasteiger partial charge in [-0.1, -0.05) is 26.3 Å². The second kappa shape index (κ2) is 6.63. The van der Waals surface area contributed by atoms with Gasteiger partial charge < -0.3 is 9.84 Å². The van der Waals surface area contributed by atoms with Crippen LogP contribution in [0.25, 0.3) is 0 Å². The number of ether oxygens (including phenoxy) is 1. The lowest BCUT2D eigenvalue weighted by Crippen LogP contribution is -2.60. The number of amides is 1. The maximum Gasteiger partial charge on any atom is 0.283 e. The number of carbonyl (C=O) groups excluding carboxylic acids is 1. The van der Waals surface area contributed by atoms with E-state index in [4.69, 9.17) is 9.57 Å². The first-order valence-electron chi connectivity index (χ1n) is 8.14. The van der Waals surface area contributed by atoms with E-state index in [0.717, 1.165) is 30.7 Å². The summed E-state index contributed by atoms with van der Waals surface area (Å²) in [6.07, 6.45) is 3.49. The van der Waals surface area contributed by atoms with E-state index in [1.807, 2.05) is 19.0 Å². The summed E-state index contributed by atoms with van der Waals surface area (Å²) < 4.78 is 6.03. The molecule has 0 unspecified atom stereocenters. The lowest BCUT2D eigenvalue weighted by Gasteiger charge is -2.45. The minimum absolute atomic E-state index is 0.321. The highest BCUT2D eigenvalue weighted by Crippen LogP contribution is 2.44. The topological polar surface area (TPSA) is 62.2 Å². The van der Waals surface area contributed by atoms with Crippen LogP contribution in [0.1, 0.15) is 39.5 Å². The molecule has 2 rings (SSSR count). The molecule has 2 heterocycles. The van der Waals surface area contributed by atoms with E-state index >= 15 is 0 Å². The first-order valence-corrected chi connectivity index (χ1v) is 8.14. The fourth-order valence-electron chi connectivity index (χ4n) is 3.58. The number of rotatable bonds is 6. The van der Waals surface area contributed by atoms with Gasteiger partial charge in [0.25, 0.3) is 5.91 Å². The van der Waals surface area contributed by atoms with Crippen LogP contribution in [-0.2, 0) is 14.4 Å². The van der Waals surface area contributed by atoms with Gasteiger partial charge in [-0.3, -0.25) is 14.5 Å². The van der Waals surface area contributed by atoms with Crippen molar-refractivity contribution in [3.8, 4) is 0 Å². The summed E-state index contributed by atoms with van der Waals surface area (Å²) in [5.41, 5.74) is -0.357. The van der Waals surface area contributed by atoms with Crippen molar-refractivity contribution in [1.82, 2.24) is 9.96 Å². The second-order valence-electron chi connectivity index (χ2n) is 6.67. The van der Waals surface area contributed by atoms with E-state index in [-0.39, 0.29) is 12.0 Å². The SMILES string of the molecule is C=C1C2=C(C(=O)N1OC)[C@@H](N(C)C)[C@@](C)(O)[C@H](CCCCC)O2. The summed E-state index contributed by atoms with van der Waals surface area (Å²) in [4.78, 5) is 19.6. The molecule has 0 spiro atoms. The molecule has 2 aliphatic rings. The monoisotopic (exact) mass is 324 g/mol. The summed E-state index contributed by atoms with van der Waals surface area (Å²) in [5.74, 6) is 0.127. The van der Waals surface area contributed by atoms with Crippen LogP contribution >= 0.6 is 0 Å².